The monoisotopic (exact) mass is 311 g/mol. The first-order valence-electron chi connectivity index (χ1n) is 6.11. The van der Waals surface area contributed by atoms with E-state index in [1.807, 2.05) is 0 Å². The Labute approximate surface area is 127 Å². The fourth-order valence-corrected chi connectivity index (χ4v) is 3.05. The van der Waals surface area contributed by atoms with Gasteiger partial charge in [-0.1, -0.05) is 59.1 Å². The van der Waals surface area contributed by atoms with Gasteiger partial charge in [-0.05, 0) is 29.7 Å². The van der Waals surface area contributed by atoms with Crippen molar-refractivity contribution in [2.45, 2.75) is 12.3 Å². The van der Waals surface area contributed by atoms with E-state index in [0.29, 0.717) is 21.0 Å². The van der Waals surface area contributed by atoms with Gasteiger partial charge in [-0.15, -0.1) is 0 Å². The Kier molecular flexibility index (Phi) is 3.62. The standard InChI is InChI=1S/C15H12Cl3N/c16-12-6-14(18)15(7-13(12)17)19-8-10-5-9-3-1-2-4-11(9)10/h1-4,6-7,10,19H,5,8H2. The topological polar surface area (TPSA) is 12.0 Å². The zero-order valence-corrected chi connectivity index (χ0v) is 12.4. The zero-order chi connectivity index (χ0) is 13.4. The van der Waals surface area contributed by atoms with E-state index in [-0.39, 0.29) is 0 Å². The minimum atomic E-state index is 0.478. The van der Waals surface area contributed by atoms with Crippen LogP contribution < -0.4 is 5.32 Å². The second-order valence-electron chi connectivity index (χ2n) is 4.73. The molecule has 1 aliphatic rings. The van der Waals surface area contributed by atoms with Crippen molar-refractivity contribution in [3.8, 4) is 0 Å². The van der Waals surface area contributed by atoms with Crippen molar-refractivity contribution in [2.75, 3.05) is 11.9 Å². The van der Waals surface area contributed by atoms with Crippen LogP contribution in [-0.2, 0) is 6.42 Å². The van der Waals surface area contributed by atoms with Crippen LogP contribution in [0.2, 0.25) is 15.1 Å². The molecule has 1 unspecified atom stereocenters. The molecule has 0 fully saturated rings. The van der Waals surface area contributed by atoms with Crippen LogP contribution in [-0.4, -0.2) is 6.54 Å². The normalized spacial score (nSPS) is 16.7. The van der Waals surface area contributed by atoms with Crippen LogP contribution in [0, 0.1) is 0 Å². The summed E-state index contributed by atoms with van der Waals surface area (Å²) >= 11 is 18.1. The molecule has 0 saturated carbocycles. The molecule has 19 heavy (non-hydrogen) atoms. The maximum atomic E-state index is 6.14. The third-order valence-electron chi connectivity index (χ3n) is 3.51. The molecule has 0 saturated heterocycles. The lowest BCUT2D eigenvalue weighted by molar-refractivity contribution is 0.636. The molecule has 0 aliphatic heterocycles. The second-order valence-corrected chi connectivity index (χ2v) is 5.95. The van der Waals surface area contributed by atoms with Crippen LogP contribution in [0.4, 0.5) is 5.69 Å². The summed E-state index contributed by atoms with van der Waals surface area (Å²) in [4.78, 5) is 0. The molecular weight excluding hydrogens is 301 g/mol. The number of rotatable bonds is 3. The molecular formula is C15H12Cl3N. The van der Waals surface area contributed by atoms with Crippen LogP contribution in [0.5, 0.6) is 0 Å². The first-order chi connectivity index (χ1) is 9.15. The fourth-order valence-electron chi connectivity index (χ4n) is 2.44. The molecule has 1 aliphatic carbocycles. The van der Waals surface area contributed by atoms with Crippen molar-refractivity contribution in [1.29, 1.82) is 0 Å². The van der Waals surface area contributed by atoms with Gasteiger partial charge in [0.05, 0.1) is 20.8 Å². The molecule has 98 valence electrons. The zero-order valence-electron chi connectivity index (χ0n) is 10.1. The van der Waals surface area contributed by atoms with Gasteiger partial charge in [0.1, 0.15) is 0 Å². The summed E-state index contributed by atoms with van der Waals surface area (Å²) in [6, 6.07) is 12.0. The lowest BCUT2D eigenvalue weighted by Gasteiger charge is -2.30. The molecule has 4 heteroatoms. The number of nitrogens with one attached hydrogen (secondary N) is 1. The van der Waals surface area contributed by atoms with Crippen molar-refractivity contribution in [3.05, 3.63) is 62.6 Å². The number of fused-ring (bicyclic) bond motifs is 1. The summed E-state index contributed by atoms with van der Waals surface area (Å²) in [6.07, 6.45) is 1.11. The average molecular weight is 313 g/mol. The van der Waals surface area contributed by atoms with Crippen LogP contribution in [0.1, 0.15) is 17.0 Å². The van der Waals surface area contributed by atoms with Crippen LogP contribution in [0.3, 0.4) is 0 Å². The number of halogens is 3. The van der Waals surface area contributed by atoms with Gasteiger partial charge in [-0.3, -0.25) is 0 Å². The third kappa shape index (κ3) is 2.55. The minimum absolute atomic E-state index is 0.478. The summed E-state index contributed by atoms with van der Waals surface area (Å²) in [5.74, 6) is 0.543. The van der Waals surface area contributed by atoms with Gasteiger partial charge in [0.25, 0.3) is 0 Å². The molecule has 0 amide bonds. The Balaban J connectivity index is 1.70. The van der Waals surface area contributed by atoms with E-state index in [1.54, 1.807) is 12.1 Å². The van der Waals surface area contributed by atoms with Crippen molar-refractivity contribution >= 4 is 40.5 Å². The van der Waals surface area contributed by atoms with Gasteiger partial charge < -0.3 is 5.32 Å². The van der Waals surface area contributed by atoms with E-state index >= 15 is 0 Å². The van der Waals surface area contributed by atoms with E-state index in [0.717, 1.165) is 18.7 Å². The Hall–Kier alpha value is -0.890. The minimum Gasteiger partial charge on any atom is -0.383 e. The van der Waals surface area contributed by atoms with Crippen LogP contribution in [0.25, 0.3) is 0 Å². The number of benzene rings is 2. The summed E-state index contributed by atoms with van der Waals surface area (Å²) < 4.78 is 0. The van der Waals surface area contributed by atoms with Crippen molar-refractivity contribution in [3.63, 3.8) is 0 Å². The highest BCUT2D eigenvalue weighted by molar-refractivity contribution is 6.44. The smallest absolute Gasteiger partial charge is 0.0653 e. The van der Waals surface area contributed by atoms with Crippen LogP contribution in [0.15, 0.2) is 36.4 Å². The van der Waals surface area contributed by atoms with E-state index in [1.165, 1.54) is 11.1 Å². The predicted octanol–water partition coefficient (Wildman–Crippen LogP) is 5.40. The van der Waals surface area contributed by atoms with E-state index in [4.69, 9.17) is 34.8 Å². The third-order valence-corrected chi connectivity index (χ3v) is 4.54. The van der Waals surface area contributed by atoms with Gasteiger partial charge in [0.15, 0.2) is 0 Å². The van der Waals surface area contributed by atoms with E-state index in [9.17, 15) is 0 Å². The summed E-state index contributed by atoms with van der Waals surface area (Å²) in [7, 11) is 0. The predicted molar refractivity (Wildman–Crippen MR) is 82.8 cm³/mol. The molecule has 2 aromatic rings. The average Bonchev–Trinajstić information content (AvgIpc) is 2.36. The molecule has 1 N–H and O–H groups in total. The van der Waals surface area contributed by atoms with Gasteiger partial charge >= 0.3 is 0 Å². The van der Waals surface area contributed by atoms with Crippen molar-refractivity contribution < 1.29 is 0 Å². The largest absolute Gasteiger partial charge is 0.383 e. The molecule has 0 radical (unpaired) electrons. The van der Waals surface area contributed by atoms with Gasteiger partial charge in [0.2, 0.25) is 0 Å². The lowest BCUT2D eigenvalue weighted by atomic mass is 9.77. The summed E-state index contributed by atoms with van der Waals surface area (Å²) in [5.41, 5.74) is 3.70. The van der Waals surface area contributed by atoms with E-state index in [2.05, 4.69) is 29.6 Å². The second kappa shape index (κ2) is 5.24. The van der Waals surface area contributed by atoms with Gasteiger partial charge in [0, 0.05) is 12.5 Å². The maximum Gasteiger partial charge on any atom is 0.0653 e. The maximum absolute atomic E-state index is 6.14. The summed E-state index contributed by atoms with van der Waals surface area (Å²) in [5, 5.41) is 4.94. The van der Waals surface area contributed by atoms with Crippen molar-refractivity contribution in [1.82, 2.24) is 0 Å². The van der Waals surface area contributed by atoms with Gasteiger partial charge in [-0.2, -0.15) is 0 Å². The SMILES string of the molecule is Clc1cc(Cl)c(NCC2Cc3ccccc32)cc1Cl. The van der Waals surface area contributed by atoms with E-state index < -0.39 is 0 Å². The molecule has 0 spiro atoms. The highest BCUT2D eigenvalue weighted by Gasteiger charge is 2.25. The van der Waals surface area contributed by atoms with Crippen LogP contribution >= 0.6 is 34.8 Å². The molecule has 3 rings (SSSR count). The van der Waals surface area contributed by atoms with Crippen molar-refractivity contribution in [2.24, 2.45) is 0 Å². The Morgan fingerprint density at radius 1 is 1.00 bits per heavy atom. The first kappa shape index (κ1) is 13.1. The Morgan fingerprint density at radius 2 is 1.74 bits per heavy atom. The van der Waals surface area contributed by atoms with Gasteiger partial charge in [-0.25, -0.2) is 0 Å². The number of hydrogen-bond donors (Lipinski definition) is 1. The quantitative estimate of drug-likeness (QED) is 0.748. The highest BCUT2D eigenvalue weighted by Crippen LogP contribution is 2.36. The molecule has 0 heterocycles. The Bertz CT molecular complexity index is 625. The molecule has 2 aromatic carbocycles. The Morgan fingerprint density at radius 3 is 2.53 bits per heavy atom. The molecule has 0 bridgehead atoms. The fraction of sp³-hybridized carbons (Fsp3) is 0.200. The lowest BCUT2D eigenvalue weighted by Crippen LogP contribution is -2.24. The highest BCUT2D eigenvalue weighted by atomic mass is 35.5. The summed E-state index contributed by atoms with van der Waals surface area (Å²) in [6.45, 7) is 0.856. The first-order valence-corrected chi connectivity index (χ1v) is 7.25. The number of anilines is 1. The molecule has 1 nitrogen and oxygen atoms in total. The molecule has 0 aromatic heterocycles. The molecule has 1 atom stereocenters. The number of hydrogen-bond acceptors (Lipinski definition) is 1.